The minimum atomic E-state index is -0.429. The van der Waals surface area contributed by atoms with E-state index in [4.69, 9.17) is 17.3 Å². The molecule has 0 bridgehead atoms. The largest absolute Gasteiger partial charge is 0.397 e. The van der Waals surface area contributed by atoms with E-state index in [0.717, 1.165) is 12.2 Å². The van der Waals surface area contributed by atoms with Gasteiger partial charge in [0.2, 0.25) is 0 Å². The van der Waals surface area contributed by atoms with Gasteiger partial charge in [0.25, 0.3) is 0 Å². The van der Waals surface area contributed by atoms with E-state index in [-0.39, 0.29) is 5.02 Å². The zero-order valence-electron chi connectivity index (χ0n) is 10.3. The molecule has 5 heteroatoms. The lowest BCUT2D eigenvalue weighted by Gasteiger charge is -2.30. The third kappa shape index (κ3) is 3.42. The molecule has 0 spiro atoms. The Hall–Kier alpha value is -0.610. The van der Waals surface area contributed by atoms with Crippen LogP contribution in [0.2, 0.25) is 5.02 Å². The molecule has 0 aromatic heterocycles. The van der Waals surface area contributed by atoms with Crippen LogP contribution >= 0.6 is 23.4 Å². The number of hydrogen-bond acceptors (Lipinski definition) is 3. The Kier molecular flexibility index (Phi) is 5.40. The first-order valence-corrected chi connectivity index (χ1v) is 7.24. The van der Waals surface area contributed by atoms with Gasteiger partial charge in [0.1, 0.15) is 5.82 Å². The van der Waals surface area contributed by atoms with E-state index in [0.29, 0.717) is 17.4 Å². The zero-order chi connectivity index (χ0) is 13.0. The van der Waals surface area contributed by atoms with Crippen LogP contribution in [0, 0.1) is 5.82 Å². The predicted molar refractivity (Wildman–Crippen MR) is 76.7 cm³/mol. The first-order valence-electron chi connectivity index (χ1n) is 5.47. The molecule has 1 atom stereocenters. The van der Waals surface area contributed by atoms with Crippen LogP contribution in [0.1, 0.15) is 13.3 Å². The van der Waals surface area contributed by atoms with Crippen molar-refractivity contribution in [2.75, 3.05) is 29.7 Å². The van der Waals surface area contributed by atoms with Gasteiger partial charge in [0, 0.05) is 24.9 Å². The number of nitrogens with zero attached hydrogens (tertiary/aromatic N) is 1. The minimum absolute atomic E-state index is 0.0672. The molecule has 2 N–H and O–H groups in total. The highest BCUT2D eigenvalue weighted by Crippen LogP contribution is 2.30. The number of thioether (sulfide) groups is 1. The van der Waals surface area contributed by atoms with Gasteiger partial charge >= 0.3 is 0 Å². The second-order valence-corrected chi connectivity index (χ2v) is 5.27. The van der Waals surface area contributed by atoms with E-state index in [1.54, 1.807) is 11.8 Å². The highest BCUT2D eigenvalue weighted by molar-refractivity contribution is 7.98. The van der Waals surface area contributed by atoms with E-state index < -0.39 is 5.82 Å². The molecule has 0 radical (unpaired) electrons. The van der Waals surface area contributed by atoms with E-state index in [1.807, 2.05) is 11.9 Å². The summed E-state index contributed by atoms with van der Waals surface area (Å²) >= 11 is 7.46. The summed E-state index contributed by atoms with van der Waals surface area (Å²) < 4.78 is 13.5. The maximum atomic E-state index is 13.5. The van der Waals surface area contributed by atoms with Crippen molar-refractivity contribution in [3.8, 4) is 0 Å². The zero-order valence-corrected chi connectivity index (χ0v) is 11.9. The Bertz CT molecular complexity index is 387. The van der Waals surface area contributed by atoms with Crippen molar-refractivity contribution in [3.63, 3.8) is 0 Å². The molecule has 1 aromatic rings. The Labute approximate surface area is 111 Å². The molecule has 1 aromatic carbocycles. The van der Waals surface area contributed by atoms with Gasteiger partial charge in [-0.3, -0.25) is 0 Å². The van der Waals surface area contributed by atoms with Crippen LogP contribution in [0.15, 0.2) is 12.1 Å². The van der Waals surface area contributed by atoms with Crippen LogP contribution in [-0.2, 0) is 0 Å². The Morgan fingerprint density at radius 3 is 2.71 bits per heavy atom. The molecule has 17 heavy (non-hydrogen) atoms. The van der Waals surface area contributed by atoms with E-state index >= 15 is 0 Å². The number of halogens is 2. The second kappa shape index (κ2) is 6.36. The molecule has 1 rings (SSSR count). The molecule has 0 heterocycles. The van der Waals surface area contributed by atoms with Gasteiger partial charge in [-0.2, -0.15) is 11.8 Å². The summed E-state index contributed by atoms with van der Waals surface area (Å²) in [4.78, 5) is 2.02. The van der Waals surface area contributed by atoms with Crippen molar-refractivity contribution in [2.45, 2.75) is 19.4 Å². The molecule has 0 saturated heterocycles. The van der Waals surface area contributed by atoms with Crippen LogP contribution < -0.4 is 10.6 Å². The quantitative estimate of drug-likeness (QED) is 0.833. The molecule has 2 nitrogen and oxygen atoms in total. The lowest BCUT2D eigenvalue weighted by Crippen LogP contribution is -2.33. The van der Waals surface area contributed by atoms with Gasteiger partial charge in [-0.25, -0.2) is 4.39 Å². The Morgan fingerprint density at radius 2 is 2.18 bits per heavy atom. The maximum absolute atomic E-state index is 13.5. The molecule has 0 fully saturated rings. The van der Waals surface area contributed by atoms with Gasteiger partial charge in [-0.15, -0.1) is 0 Å². The molecule has 96 valence electrons. The van der Waals surface area contributed by atoms with Crippen LogP contribution in [0.3, 0.4) is 0 Å². The van der Waals surface area contributed by atoms with Crippen LogP contribution in [0.25, 0.3) is 0 Å². The first-order chi connectivity index (χ1) is 8.01. The summed E-state index contributed by atoms with van der Waals surface area (Å²) in [6.07, 6.45) is 3.04. The summed E-state index contributed by atoms with van der Waals surface area (Å²) in [5.41, 5.74) is 7.09. The molecule has 0 aliphatic rings. The first kappa shape index (κ1) is 14.5. The molecule has 0 saturated carbocycles. The van der Waals surface area contributed by atoms with Crippen molar-refractivity contribution < 1.29 is 4.39 Å². The SMILES string of the molecule is CCC(CSC)N(C)c1cc(F)c(Cl)cc1N. The molecule has 0 aliphatic carbocycles. The van der Waals surface area contributed by atoms with E-state index in [1.165, 1.54) is 12.1 Å². The van der Waals surface area contributed by atoms with Gasteiger partial charge in [0.05, 0.1) is 16.4 Å². The molecular weight excluding hydrogens is 259 g/mol. The van der Waals surface area contributed by atoms with Crippen LogP contribution in [-0.4, -0.2) is 25.1 Å². The standard InChI is InChI=1S/C12H18ClFN2S/c1-4-8(7-17-3)16(2)12-6-10(14)9(13)5-11(12)15/h5-6,8H,4,7,15H2,1-3H3. The van der Waals surface area contributed by atoms with Crippen molar-refractivity contribution in [1.82, 2.24) is 0 Å². The fourth-order valence-electron chi connectivity index (χ4n) is 1.75. The molecule has 0 amide bonds. The van der Waals surface area contributed by atoms with Gasteiger partial charge in [-0.05, 0) is 18.7 Å². The normalized spacial score (nSPS) is 12.5. The number of benzene rings is 1. The van der Waals surface area contributed by atoms with Crippen LogP contribution in [0.5, 0.6) is 0 Å². The van der Waals surface area contributed by atoms with Gasteiger partial charge in [0.15, 0.2) is 0 Å². The van der Waals surface area contributed by atoms with E-state index in [9.17, 15) is 4.39 Å². The lowest BCUT2D eigenvalue weighted by molar-refractivity contribution is 0.623. The monoisotopic (exact) mass is 276 g/mol. The highest BCUT2D eigenvalue weighted by Gasteiger charge is 2.16. The van der Waals surface area contributed by atoms with Crippen molar-refractivity contribution in [2.24, 2.45) is 0 Å². The average molecular weight is 277 g/mol. The summed E-state index contributed by atoms with van der Waals surface area (Å²) in [6.45, 7) is 2.11. The summed E-state index contributed by atoms with van der Waals surface area (Å²) in [6, 6.07) is 3.21. The van der Waals surface area contributed by atoms with Crippen molar-refractivity contribution in [3.05, 3.63) is 23.0 Å². The predicted octanol–water partition coefficient (Wildman–Crippen LogP) is 3.64. The fraction of sp³-hybridized carbons (Fsp3) is 0.500. The number of nitrogen functional groups attached to an aromatic ring is 1. The number of nitrogens with two attached hydrogens (primary N) is 1. The topological polar surface area (TPSA) is 29.3 Å². The molecular formula is C12H18ClFN2S. The average Bonchev–Trinajstić information content (AvgIpc) is 2.30. The Balaban J connectivity index is 3.02. The number of anilines is 2. The second-order valence-electron chi connectivity index (χ2n) is 3.95. The fourth-order valence-corrected chi connectivity index (χ4v) is 2.77. The summed E-state index contributed by atoms with van der Waals surface area (Å²) in [5, 5.41) is 0.0672. The third-order valence-corrected chi connectivity index (χ3v) is 3.84. The maximum Gasteiger partial charge on any atom is 0.144 e. The number of rotatable bonds is 5. The minimum Gasteiger partial charge on any atom is -0.397 e. The van der Waals surface area contributed by atoms with Gasteiger partial charge in [-0.1, -0.05) is 18.5 Å². The van der Waals surface area contributed by atoms with E-state index in [2.05, 4.69) is 13.2 Å². The summed E-state index contributed by atoms with van der Waals surface area (Å²) in [7, 11) is 1.93. The smallest absolute Gasteiger partial charge is 0.144 e. The van der Waals surface area contributed by atoms with Gasteiger partial charge < -0.3 is 10.6 Å². The Morgan fingerprint density at radius 1 is 1.53 bits per heavy atom. The third-order valence-electron chi connectivity index (χ3n) is 2.83. The summed E-state index contributed by atoms with van der Waals surface area (Å²) in [5.74, 6) is 0.554. The van der Waals surface area contributed by atoms with Crippen molar-refractivity contribution in [1.29, 1.82) is 0 Å². The van der Waals surface area contributed by atoms with Crippen molar-refractivity contribution >= 4 is 34.7 Å². The van der Waals surface area contributed by atoms with Crippen LogP contribution in [0.4, 0.5) is 15.8 Å². The lowest BCUT2D eigenvalue weighted by atomic mass is 10.1. The molecule has 0 aliphatic heterocycles. The number of hydrogen-bond donors (Lipinski definition) is 1. The molecule has 1 unspecified atom stereocenters. The highest BCUT2D eigenvalue weighted by atomic mass is 35.5.